The predicted octanol–water partition coefficient (Wildman–Crippen LogP) is 3.76. The standard InChI is InChI=1S/C16H22N2O/c1-4-11-16(13-17,12-5-2)15(19)18(3)14-9-7-6-8-10-14/h6-10H,4-5,11-12H2,1-3H3. The Morgan fingerprint density at radius 3 is 2.16 bits per heavy atom. The number of carbonyl (C=O) groups excluding carboxylic acids is 1. The zero-order chi connectivity index (χ0) is 14.3. The first-order valence-corrected chi connectivity index (χ1v) is 6.85. The molecule has 0 aliphatic carbocycles. The summed E-state index contributed by atoms with van der Waals surface area (Å²) in [7, 11) is 1.75. The van der Waals surface area contributed by atoms with Crippen LogP contribution < -0.4 is 4.90 Å². The van der Waals surface area contributed by atoms with E-state index in [4.69, 9.17) is 0 Å². The van der Waals surface area contributed by atoms with Crippen molar-refractivity contribution in [2.45, 2.75) is 39.5 Å². The largest absolute Gasteiger partial charge is 0.314 e. The van der Waals surface area contributed by atoms with Gasteiger partial charge in [0.25, 0.3) is 0 Å². The summed E-state index contributed by atoms with van der Waals surface area (Å²) >= 11 is 0. The average Bonchev–Trinajstić information content (AvgIpc) is 2.46. The molecule has 0 atom stereocenters. The second-order valence-corrected chi connectivity index (χ2v) is 4.89. The summed E-state index contributed by atoms with van der Waals surface area (Å²) < 4.78 is 0. The van der Waals surface area contributed by atoms with Crippen molar-refractivity contribution in [1.29, 1.82) is 5.26 Å². The number of benzene rings is 1. The van der Waals surface area contributed by atoms with E-state index in [1.54, 1.807) is 11.9 Å². The molecule has 0 N–H and O–H groups in total. The molecular weight excluding hydrogens is 236 g/mol. The van der Waals surface area contributed by atoms with Gasteiger partial charge in [-0.05, 0) is 25.0 Å². The van der Waals surface area contributed by atoms with E-state index < -0.39 is 5.41 Å². The quantitative estimate of drug-likeness (QED) is 0.779. The number of nitriles is 1. The third-order valence-electron chi connectivity index (χ3n) is 3.43. The molecule has 0 aliphatic heterocycles. The van der Waals surface area contributed by atoms with Gasteiger partial charge in [0.05, 0.1) is 6.07 Å². The summed E-state index contributed by atoms with van der Waals surface area (Å²) in [5.74, 6) is -0.0927. The van der Waals surface area contributed by atoms with Gasteiger partial charge in [-0.1, -0.05) is 44.9 Å². The first-order valence-electron chi connectivity index (χ1n) is 6.85. The normalized spacial score (nSPS) is 10.8. The molecule has 0 heterocycles. The lowest BCUT2D eigenvalue weighted by atomic mass is 9.79. The lowest BCUT2D eigenvalue weighted by molar-refractivity contribution is -0.125. The lowest BCUT2D eigenvalue weighted by Gasteiger charge is -2.30. The lowest BCUT2D eigenvalue weighted by Crippen LogP contribution is -2.41. The molecule has 1 rings (SSSR count). The predicted molar refractivity (Wildman–Crippen MR) is 77.7 cm³/mol. The zero-order valence-electron chi connectivity index (χ0n) is 12.0. The number of amides is 1. The fourth-order valence-electron chi connectivity index (χ4n) is 2.44. The van der Waals surface area contributed by atoms with E-state index in [2.05, 4.69) is 6.07 Å². The molecule has 1 amide bonds. The van der Waals surface area contributed by atoms with E-state index in [-0.39, 0.29) is 5.91 Å². The minimum absolute atomic E-state index is 0.0927. The van der Waals surface area contributed by atoms with Gasteiger partial charge in [-0.25, -0.2) is 0 Å². The van der Waals surface area contributed by atoms with Crippen molar-refractivity contribution < 1.29 is 4.79 Å². The minimum Gasteiger partial charge on any atom is -0.314 e. The number of anilines is 1. The van der Waals surface area contributed by atoms with Crippen LogP contribution in [-0.2, 0) is 4.79 Å². The number of hydrogen-bond acceptors (Lipinski definition) is 2. The summed E-state index contributed by atoms with van der Waals surface area (Å²) in [5, 5.41) is 9.51. The smallest absolute Gasteiger partial charge is 0.247 e. The van der Waals surface area contributed by atoms with E-state index in [9.17, 15) is 10.1 Å². The fraction of sp³-hybridized carbons (Fsp3) is 0.500. The summed E-state index contributed by atoms with van der Waals surface area (Å²) in [6.45, 7) is 4.02. The molecule has 1 aromatic carbocycles. The fourth-order valence-corrected chi connectivity index (χ4v) is 2.44. The van der Waals surface area contributed by atoms with Crippen LogP contribution in [0.4, 0.5) is 5.69 Å². The van der Waals surface area contributed by atoms with Crippen molar-refractivity contribution in [3.63, 3.8) is 0 Å². The van der Waals surface area contributed by atoms with Crippen LogP contribution in [0.5, 0.6) is 0 Å². The van der Waals surface area contributed by atoms with E-state index >= 15 is 0 Å². The van der Waals surface area contributed by atoms with Crippen molar-refractivity contribution in [3.8, 4) is 6.07 Å². The number of nitrogens with zero attached hydrogens (tertiary/aromatic N) is 2. The highest BCUT2D eigenvalue weighted by Crippen LogP contribution is 2.32. The molecule has 0 saturated carbocycles. The van der Waals surface area contributed by atoms with Gasteiger partial charge in [-0.15, -0.1) is 0 Å². The van der Waals surface area contributed by atoms with Crippen LogP contribution in [0.25, 0.3) is 0 Å². The van der Waals surface area contributed by atoms with Gasteiger partial charge >= 0.3 is 0 Å². The number of carbonyl (C=O) groups is 1. The van der Waals surface area contributed by atoms with Crippen LogP contribution in [0, 0.1) is 16.7 Å². The number of hydrogen-bond donors (Lipinski definition) is 0. The molecule has 0 radical (unpaired) electrons. The van der Waals surface area contributed by atoms with Gasteiger partial charge in [-0.2, -0.15) is 5.26 Å². The Balaban J connectivity index is 3.03. The molecule has 3 heteroatoms. The highest BCUT2D eigenvalue weighted by Gasteiger charge is 2.39. The van der Waals surface area contributed by atoms with Gasteiger partial charge < -0.3 is 4.90 Å². The summed E-state index contributed by atoms with van der Waals surface area (Å²) in [6.07, 6.45) is 2.91. The van der Waals surface area contributed by atoms with Crippen molar-refractivity contribution in [2.24, 2.45) is 5.41 Å². The van der Waals surface area contributed by atoms with Crippen LogP contribution in [-0.4, -0.2) is 13.0 Å². The molecule has 102 valence electrons. The van der Waals surface area contributed by atoms with E-state index in [0.717, 1.165) is 18.5 Å². The van der Waals surface area contributed by atoms with Gasteiger partial charge in [0.1, 0.15) is 5.41 Å². The molecule has 0 unspecified atom stereocenters. The molecular formula is C16H22N2O. The molecule has 0 aliphatic rings. The molecule has 0 aromatic heterocycles. The molecule has 1 aromatic rings. The third-order valence-corrected chi connectivity index (χ3v) is 3.43. The van der Waals surface area contributed by atoms with Gasteiger partial charge in [0.2, 0.25) is 5.91 Å². The third kappa shape index (κ3) is 3.35. The van der Waals surface area contributed by atoms with Crippen LogP contribution in [0.2, 0.25) is 0 Å². The van der Waals surface area contributed by atoms with Crippen molar-refractivity contribution in [3.05, 3.63) is 30.3 Å². The Morgan fingerprint density at radius 2 is 1.74 bits per heavy atom. The maximum atomic E-state index is 12.7. The molecule has 3 nitrogen and oxygen atoms in total. The van der Waals surface area contributed by atoms with Crippen molar-refractivity contribution in [1.82, 2.24) is 0 Å². The highest BCUT2D eigenvalue weighted by molar-refractivity contribution is 5.98. The van der Waals surface area contributed by atoms with Gasteiger partial charge in [-0.3, -0.25) is 4.79 Å². The first kappa shape index (κ1) is 15.2. The number of para-hydroxylation sites is 1. The Labute approximate surface area is 115 Å². The van der Waals surface area contributed by atoms with E-state index in [0.29, 0.717) is 12.8 Å². The van der Waals surface area contributed by atoms with E-state index in [1.165, 1.54) is 0 Å². The Morgan fingerprint density at radius 1 is 1.21 bits per heavy atom. The Kier molecular flexibility index (Phi) is 5.57. The maximum Gasteiger partial charge on any atom is 0.247 e. The molecule has 19 heavy (non-hydrogen) atoms. The van der Waals surface area contributed by atoms with Crippen LogP contribution in [0.15, 0.2) is 30.3 Å². The minimum atomic E-state index is -0.881. The monoisotopic (exact) mass is 258 g/mol. The second-order valence-electron chi connectivity index (χ2n) is 4.89. The molecule has 0 bridgehead atoms. The first-order chi connectivity index (χ1) is 9.11. The topological polar surface area (TPSA) is 44.1 Å². The highest BCUT2D eigenvalue weighted by atomic mass is 16.2. The van der Waals surface area contributed by atoms with E-state index in [1.807, 2.05) is 44.2 Å². The zero-order valence-corrected chi connectivity index (χ0v) is 12.0. The van der Waals surface area contributed by atoms with Crippen molar-refractivity contribution in [2.75, 3.05) is 11.9 Å². The van der Waals surface area contributed by atoms with Crippen LogP contribution in [0.1, 0.15) is 39.5 Å². The summed E-state index contributed by atoms with van der Waals surface area (Å²) in [5.41, 5.74) is -0.0481. The second kappa shape index (κ2) is 6.94. The summed E-state index contributed by atoms with van der Waals surface area (Å²) in [6, 6.07) is 11.8. The molecule has 0 saturated heterocycles. The Bertz CT molecular complexity index is 442. The Hall–Kier alpha value is -1.82. The van der Waals surface area contributed by atoms with Gasteiger partial charge in [0, 0.05) is 12.7 Å². The van der Waals surface area contributed by atoms with Gasteiger partial charge in [0.15, 0.2) is 0 Å². The summed E-state index contributed by atoms with van der Waals surface area (Å²) in [4.78, 5) is 14.3. The number of rotatable bonds is 6. The van der Waals surface area contributed by atoms with Crippen LogP contribution >= 0.6 is 0 Å². The molecule has 0 fully saturated rings. The SMILES string of the molecule is CCCC(C#N)(CCC)C(=O)N(C)c1ccccc1. The maximum absolute atomic E-state index is 12.7. The van der Waals surface area contributed by atoms with Crippen LogP contribution in [0.3, 0.4) is 0 Å². The average molecular weight is 258 g/mol. The van der Waals surface area contributed by atoms with Crippen molar-refractivity contribution >= 4 is 11.6 Å². The molecule has 0 spiro atoms.